The highest BCUT2D eigenvalue weighted by molar-refractivity contribution is 5.93. The Morgan fingerprint density at radius 3 is 3.00 bits per heavy atom. The van der Waals surface area contributed by atoms with Crippen molar-refractivity contribution in [2.75, 3.05) is 17.2 Å². The van der Waals surface area contributed by atoms with Crippen LogP contribution in [-0.2, 0) is 4.74 Å². The largest absolute Gasteiger partial charge is 0.449 e. The van der Waals surface area contributed by atoms with Crippen LogP contribution < -0.4 is 10.6 Å². The Morgan fingerprint density at radius 1 is 1.47 bits per heavy atom. The molecule has 1 aliphatic heterocycles. The second-order valence-corrected chi connectivity index (χ2v) is 5.34. The smallest absolute Gasteiger partial charge is 0.414 e. The summed E-state index contributed by atoms with van der Waals surface area (Å²) in [5.74, 6) is 0.368. The van der Waals surface area contributed by atoms with Crippen LogP contribution >= 0.6 is 0 Å². The second-order valence-electron chi connectivity index (χ2n) is 5.34. The third-order valence-electron chi connectivity index (χ3n) is 3.47. The predicted molar refractivity (Wildman–Crippen MR) is 73.0 cm³/mol. The molecule has 0 aliphatic carbocycles. The number of rotatable bonds is 1. The summed E-state index contributed by atoms with van der Waals surface area (Å²) in [6.45, 7) is 4.51. The van der Waals surface area contributed by atoms with E-state index in [9.17, 15) is 4.79 Å². The zero-order valence-electron chi connectivity index (χ0n) is 10.9. The molecule has 3 rings (SSSR count). The Morgan fingerprint density at radius 2 is 2.26 bits per heavy atom. The topological polar surface area (TPSA) is 84.2 Å². The van der Waals surface area contributed by atoms with E-state index in [1.54, 1.807) is 4.90 Å². The first-order valence-corrected chi connectivity index (χ1v) is 6.20. The third-order valence-corrected chi connectivity index (χ3v) is 3.47. The van der Waals surface area contributed by atoms with Crippen molar-refractivity contribution in [2.45, 2.75) is 25.8 Å². The molecule has 1 fully saturated rings. The molecule has 6 heteroatoms. The summed E-state index contributed by atoms with van der Waals surface area (Å²) in [5.41, 5.74) is 7.72. The van der Waals surface area contributed by atoms with Gasteiger partial charge in [0.2, 0.25) is 0 Å². The number of carbonyl (C=O) groups is 1. The minimum atomic E-state index is -0.320. The molecule has 0 unspecified atom stereocenters. The number of fused-ring (bicyclic) bond motifs is 1. The number of hydrogen-bond acceptors (Lipinski definition) is 4. The van der Waals surface area contributed by atoms with E-state index in [1.807, 2.05) is 32.0 Å². The van der Waals surface area contributed by atoms with Crippen LogP contribution in [0.4, 0.5) is 16.4 Å². The van der Waals surface area contributed by atoms with Crippen molar-refractivity contribution in [2.24, 2.45) is 0 Å². The summed E-state index contributed by atoms with van der Waals surface area (Å²) < 4.78 is 5.13. The zero-order valence-corrected chi connectivity index (χ0v) is 10.9. The summed E-state index contributed by atoms with van der Waals surface area (Å²) in [5, 5.41) is 0. The SMILES string of the molecule is CC1(C)CCOC(=O)N1c1ccc2[nH]c(N)nc2c1. The number of nitrogens with one attached hydrogen (secondary N) is 1. The van der Waals surface area contributed by atoms with E-state index in [4.69, 9.17) is 10.5 Å². The fourth-order valence-corrected chi connectivity index (χ4v) is 2.42. The average molecular weight is 260 g/mol. The number of H-pyrrole nitrogens is 1. The van der Waals surface area contributed by atoms with Crippen molar-refractivity contribution < 1.29 is 9.53 Å². The first-order valence-electron chi connectivity index (χ1n) is 6.20. The molecular formula is C13H16N4O2. The molecular weight excluding hydrogens is 244 g/mol. The van der Waals surface area contributed by atoms with Gasteiger partial charge in [0, 0.05) is 17.6 Å². The van der Waals surface area contributed by atoms with Gasteiger partial charge >= 0.3 is 6.09 Å². The van der Waals surface area contributed by atoms with Crippen LogP contribution in [0.5, 0.6) is 0 Å². The van der Waals surface area contributed by atoms with Crippen molar-refractivity contribution in [1.29, 1.82) is 0 Å². The summed E-state index contributed by atoms with van der Waals surface area (Å²) in [7, 11) is 0. The summed E-state index contributed by atoms with van der Waals surface area (Å²) in [6, 6.07) is 5.58. The maximum absolute atomic E-state index is 12.0. The Bertz CT molecular complexity index is 647. The number of nitrogen functional groups attached to an aromatic ring is 1. The van der Waals surface area contributed by atoms with Gasteiger partial charge in [-0.2, -0.15) is 0 Å². The molecule has 6 nitrogen and oxygen atoms in total. The molecule has 0 spiro atoms. The maximum Gasteiger partial charge on any atom is 0.414 e. The van der Waals surface area contributed by atoms with Gasteiger partial charge in [-0.1, -0.05) is 0 Å². The maximum atomic E-state index is 12.0. The van der Waals surface area contributed by atoms with Gasteiger partial charge in [-0.05, 0) is 32.0 Å². The fourth-order valence-electron chi connectivity index (χ4n) is 2.42. The number of hydrogen-bond donors (Lipinski definition) is 2. The highest BCUT2D eigenvalue weighted by atomic mass is 16.6. The summed E-state index contributed by atoms with van der Waals surface area (Å²) in [6.07, 6.45) is 0.471. The van der Waals surface area contributed by atoms with Crippen LogP contribution in [0.15, 0.2) is 18.2 Å². The van der Waals surface area contributed by atoms with E-state index in [-0.39, 0.29) is 11.6 Å². The number of imidazole rings is 1. The molecule has 0 radical (unpaired) electrons. The first kappa shape index (κ1) is 11.8. The number of aromatic nitrogens is 2. The van der Waals surface area contributed by atoms with Crippen LogP contribution in [0.25, 0.3) is 11.0 Å². The third kappa shape index (κ3) is 1.89. The Kier molecular flexibility index (Phi) is 2.41. The Balaban J connectivity index is 2.08. The van der Waals surface area contributed by atoms with Crippen LogP contribution in [0.3, 0.4) is 0 Å². The lowest BCUT2D eigenvalue weighted by Crippen LogP contribution is -2.52. The van der Waals surface area contributed by atoms with Gasteiger partial charge in [-0.25, -0.2) is 9.78 Å². The normalized spacial score (nSPS) is 18.6. The molecule has 1 aromatic carbocycles. The van der Waals surface area contributed by atoms with E-state index in [0.717, 1.165) is 23.1 Å². The second kappa shape index (κ2) is 3.88. The Hall–Kier alpha value is -2.24. The van der Waals surface area contributed by atoms with E-state index in [0.29, 0.717) is 12.6 Å². The van der Waals surface area contributed by atoms with E-state index >= 15 is 0 Å². The van der Waals surface area contributed by atoms with Crippen LogP contribution in [-0.4, -0.2) is 28.2 Å². The number of nitrogens with zero attached hydrogens (tertiary/aromatic N) is 2. The number of anilines is 2. The van der Waals surface area contributed by atoms with Crippen molar-refractivity contribution in [3.8, 4) is 0 Å². The number of cyclic esters (lactones) is 1. The number of benzene rings is 1. The minimum absolute atomic E-state index is 0.273. The fraction of sp³-hybridized carbons (Fsp3) is 0.385. The average Bonchev–Trinajstić information content (AvgIpc) is 2.67. The van der Waals surface area contributed by atoms with Gasteiger partial charge in [-0.3, -0.25) is 4.90 Å². The Labute approximate surface area is 110 Å². The lowest BCUT2D eigenvalue weighted by Gasteiger charge is -2.41. The molecule has 0 bridgehead atoms. The molecule has 2 heterocycles. The molecule has 1 amide bonds. The number of carbonyl (C=O) groups excluding carboxylic acids is 1. The number of aromatic amines is 1. The monoisotopic (exact) mass is 260 g/mol. The number of amides is 1. The first-order chi connectivity index (χ1) is 8.97. The lowest BCUT2D eigenvalue weighted by molar-refractivity contribution is 0.115. The van der Waals surface area contributed by atoms with Gasteiger partial charge in [0.1, 0.15) is 0 Å². The molecule has 0 atom stereocenters. The summed E-state index contributed by atoms with van der Waals surface area (Å²) in [4.78, 5) is 20.8. The van der Waals surface area contributed by atoms with E-state index in [1.165, 1.54) is 0 Å². The van der Waals surface area contributed by atoms with Gasteiger partial charge in [0.25, 0.3) is 0 Å². The van der Waals surface area contributed by atoms with Crippen LogP contribution in [0.1, 0.15) is 20.3 Å². The predicted octanol–water partition coefficient (Wildman–Crippen LogP) is 2.27. The number of nitrogens with two attached hydrogens (primary N) is 1. The van der Waals surface area contributed by atoms with E-state index in [2.05, 4.69) is 9.97 Å². The van der Waals surface area contributed by atoms with Crippen LogP contribution in [0.2, 0.25) is 0 Å². The van der Waals surface area contributed by atoms with Crippen molar-refractivity contribution >= 4 is 28.8 Å². The van der Waals surface area contributed by atoms with Gasteiger partial charge in [0.15, 0.2) is 5.95 Å². The molecule has 1 saturated heterocycles. The zero-order chi connectivity index (χ0) is 13.6. The summed E-state index contributed by atoms with van der Waals surface area (Å²) >= 11 is 0. The van der Waals surface area contributed by atoms with Crippen molar-refractivity contribution in [3.63, 3.8) is 0 Å². The molecule has 0 saturated carbocycles. The molecule has 1 aromatic heterocycles. The number of ether oxygens (including phenoxy) is 1. The highest BCUT2D eigenvalue weighted by Crippen LogP contribution is 2.32. The van der Waals surface area contributed by atoms with Crippen molar-refractivity contribution in [3.05, 3.63) is 18.2 Å². The molecule has 2 aromatic rings. The molecule has 3 N–H and O–H groups in total. The standard InChI is InChI=1S/C13H16N4O2/c1-13(2)5-6-19-12(18)17(13)8-3-4-9-10(7-8)16-11(14)15-9/h3-4,7H,5-6H2,1-2H3,(H3,14,15,16). The molecule has 19 heavy (non-hydrogen) atoms. The quantitative estimate of drug-likeness (QED) is 0.823. The molecule has 1 aliphatic rings. The van der Waals surface area contributed by atoms with E-state index < -0.39 is 0 Å². The van der Waals surface area contributed by atoms with Gasteiger partial charge in [-0.15, -0.1) is 0 Å². The van der Waals surface area contributed by atoms with Crippen molar-refractivity contribution in [1.82, 2.24) is 9.97 Å². The molecule has 100 valence electrons. The minimum Gasteiger partial charge on any atom is -0.449 e. The highest BCUT2D eigenvalue weighted by Gasteiger charge is 2.37. The van der Waals surface area contributed by atoms with Crippen LogP contribution in [0, 0.1) is 0 Å². The lowest BCUT2D eigenvalue weighted by atomic mass is 9.97. The van der Waals surface area contributed by atoms with Gasteiger partial charge < -0.3 is 15.5 Å². The van der Waals surface area contributed by atoms with Gasteiger partial charge in [0.05, 0.1) is 17.6 Å².